The zero-order valence-electron chi connectivity index (χ0n) is 12.8. The number of aryl methyl sites for hydroxylation is 1. The number of anilines is 1. The van der Waals surface area contributed by atoms with Gasteiger partial charge in [-0.3, -0.25) is 4.79 Å². The summed E-state index contributed by atoms with van der Waals surface area (Å²) in [5.74, 6) is -1.50. The highest BCUT2D eigenvalue weighted by molar-refractivity contribution is 9.10. The molecular weight excluding hydrogens is 366 g/mol. The highest BCUT2D eigenvalue weighted by Crippen LogP contribution is 2.23. The maximum atomic E-state index is 13.7. The minimum absolute atomic E-state index is 0.0122. The van der Waals surface area contributed by atoms with Gasteiger partial charge in [0.25, 0.3) is 0 Å². The van der Waals surface area contributed by atoms with Gasteiger partial charge in [-0.1, -0.05) is 12.1 Å². The van der Waals surface area contributed by atoms with Crippen LogP contribution in [0.1, 0.15) is 24.1 Å². The molecule has 1 atom stereocenters. The lowest BCUT2D eigenvalue weighted by atomic mass is 10.1. The first kappa shape index (κ1) is 17.6. The van der Waals surface area contributed by atoms with Gasteiger partial charge in [0.1, 0.15) is 11.6 Å². The summed E-state index contributed by atoms with van der Waals surface area (Å²) in [7, 11) is 0. The quantitative estimate of drug-likeness (QED) is 0.807. The van der Waals surface area contributed by atoms with Crippen LogP contribution in [-0.2, 0) is 4.79 Å². The third-order valence-electron chi connectivity index (χ3n) is 3.40. The average Bonchev–Trinajstić information content (AvgIpc) is 2.48. The zero-order valence-corrected chi connectivity index (χ0v) is 14.4. The van der Waals surface area contributed by atoms with E-state index < -0.39 is 17.7 Å². The molecule has 0 aromatic heterocycles. The number of rotatable bonds is 5. The van der Waals surface area contributed by atoms with Crippen LogP contribution >= 0.6 is 15.9 Å². The smallest absolute Gasteiger partial charge is 0.238 e. The van der Waals surface area contributed by atoms with Crippen molar-refractivity contribution in [3.63, 3.8) is 0 Å². The molecule has 0 aliphatic carbocycles. The molecule has 3 nitrogen and oxygen atoms in total. The average molecular weight is 383 g/mol. The normalized spacial score (nSPS) is 12.0. The lowest BCUT2D eigenvalue weighted by Gasteiger charge is -2.15. The Labute approximate surface area is 142 Å². The van der Waals surface area contributed by atoms with Gasteiger partial charge in [-0.15, -0.1) is 0 Å². The minimum Gasteiger partial charge on any atom is -0.324 e. The van der Waals surface area contributed by atoms with Crippen LogP contribution in [0.5, 0.6) is 0 Å². The van der Waals surface area contributed by atoms with Crippen molar-refractivity contribution in [2.45, 2.75) is 19.9 Å². The predicted molar refractivity (Wildman–Crippen MR) is 90.3 cm³/mol. The van der Waals surface area contributed by atoms with Gasteiger partial charge in [0, 0.05) is 22.1 Å². The largest absolute Gasteiger partial charge is 0.324 e. The Kier molecular flexibility index (Phi) is 5.85. The Balaban J connectivity index is 1.93. The minimum atomic E-state index is -0.633. The van der Waals surface area contributed by atoms with E-state index in [2.05, 4.69) is 26.6 Å². The van der Waals surface area contributed by atoms with E-state index in [9.17, 15) is 13.6 Å². The van der Waals surface area contributed by atoms with E-state index in [1.54, 1.807) is 13.0 Å². The van der Waals surface area contributed by atoms with E-state index in [-0.39, 0.29) is 12.5 Å². The molecule has 0 aliphatic heterocycles. The second-order valence-corrected chi connectivity index (χ2v) is 6.15. The molecule has 122 valence electrons. The number of hydrogen-bond acceptors (Lipinski definition) is 2. The van der Waals surface area contributed by atoms with E-state index >= 15 is 0 Å². The molecule has 0 spiro atoms. The molecule has 0 aliphatic rings. The summed E-state index contributed by atoms with van der Waals surface area (Å²) < 4.78 is 27.4. The highest BCUT2D eigenvalue weighted by atomic mass is 79.9. The summed E-state index contributed by atoms with van der Waals surface area (Å²) >= 11 is 3.39. The van der Waals surface area contributed by atoms with Gasteiger partial charge >= 0.3 is 0 Å². The summed E-state index contributed by atoms with van der Waals surface area (Å²) in [6, 6.07) is 8.58. The fourth-order valence-electron chi connectivity index (χ4n) is 2.12. The number of halogens is 3. The standard InChI is InChI=1S/C17H17BrF2N2O/c1-10-3-6-16(14(18)7-10)22-17(23)9-21-11(2)13-5-4-12(19)8-15(13)20/h3-8,11,21H,9H2,1-2H3,(H,22,23)/t11-/m1/s1. The number of hydrogen-bond donors (Lipinski definition) is 2. The third kappa shape index (κ3) is 4.84. The molecule has 0 saturated heterocycles. The van der Waals surface area contributed by atoms with Gasteiger partial charge in [0.2, 0.25) is 5.91 Å². The Hall–Kier alpha value is -1.79. The predicted octanol–water partition coefficient (Wildman–Crippen LogP) is 4.33. The van der Waals surface area contributed by atoms with Crippen molar-refractivity contribution < 1.29 is 13.6 Å². The van der Waals surface area contributed by atoms with Crippen molar-refractivity contribution >= 4 is 27.5 Å². The first-order chi connectivity index (χ1) is 10.9. The fraction of sp³-hybridized carbons (Fsp3) is 0.235. The first-order valence-electron chi connectivity index (χ1n) is 7.11. The lowest BCUT2D eigenvalue weighted by molar-refractivity contribution is -0.115. The van der Waals surface area contributed by atoms with Crippen molar-refractivity contribution in [3.8, 4) is 0 Å². The maximum Gasteiger partial charge on any atom is 0.238 e. The molecule has 0 saturated carbocycles. The van der Waals surface area contributed by atoms with Crippen LogP contribution in [0.25, 0.3) is 0 Å². The number of carbonyl (C=O) groups is 1. The van der Waals surface area contributed by atoms with Crippen LogP contribution in [0.15, 0.2) is 40.9 Å². The Morgan fingerprint density at radius 1 is 1.22 bits per heavy atom. The molecule has 2 N–H and O–H groups in total. The van der Waals surface area contributed by atoms with Crippen LogP contribution in [0.4, 0.5) is 14.5 Å². The van der Waals surface area contributed by atoms with Gasteiger partial charge in [-0.2, -0.15) is 0 Å². The monoisotopic (exact) mass is 382 g/mol. The summed E-state index contributed by atoms with van der Waals surface area (Å²) in [5, 5.41) is 5.69. The van der Waals surface area contributed by atoms with Crippen LogP contribution in [0, 0.1) is 18.6 Å². The van der Waals surface area contributed by atoms with E-state index in [0.29, 0.717) is 11.3 Å². The number of benzene rings is 2. The van der Waals surface area contributed by atoms with E-state index in [1.165, 1.54) is 12.1 Å². The van der Waals surface area contributed by atoms with Crippen LogP contribution in [0.3, 0.4) is 0 Å². The second kappa shape index (κ2) is 7.66. The lowest BCUT2D eigenvalue weighted by Crippen LogP contribution is -2.30. The Morgan fingerprint density at radius 3 is 2.61 bits per heavy atom. The van der Waals surface area contributed by atoms with Crippen molar-refractivity contribution in [3.05, 3.63) is 63.6 Å². The molecule has 1 amide bonds. The molecule has 23 heavy (non-hydrogen) atoms. The van der Waals surface area contributed by atoms with E-state index in [0.717, 1.165) is 16.1 Å². The summed E-state index contributed by atoms with van der Waals surface area (Å²) in [4.78, 5) is 12.0. The van der Waals surface area contributed by atoms with Gasteiger partial charge in [-0.25, -0.2) is 8.78 Å². The molecule has 0 bridgehead atoms. The maximum absolute atomic E-state index is 13.7. The summed E-state index contributed by atoms with van der Waals surface area (Å²) in [6.07, 6.45) is 0. The summed E-state index contributed by atoms with van der Waals surface area (Å²) in [6.45, 7) is 3.68. The molecule has 0 radical (unpaired) electrons. The molecule has 0 heterocycles. The van der Waals surface area contributed by atoms with Crippen molar-refractivity contribution in [2.75, 3.05) is 11.9 Å². The van der Waals surface area contributed by atoms with Gasteiger partial charge in [0.15, 0.2) is 0 Å². The molecule has 2 aromatic carbocycles. The van der Waals surface area contributed by atoms with Crippen LogP contribution < -0.4 is 10.6 Å². The molecule has 0 unspecified atom stereocenters. The van der Waals surface area contributed by atoms with E-state index in [4.69, 9.17) is 0 Å². The Morgan fingerprint density at radius 2 is 1.96 bits per heavy atom. The van der Waals surface area contributed by atoms with Crippen LogP contribution in [-0.4, -0.2) is 12.5 Å². The van der Waals surface area contributed by atoms with Gasteiger partial charge in [0.05, 0.1) is 12.2 Å². The third-order valence-corrected chi connectivity index (χ3v) is 4.05. The summed E-state index contributed by atoms with van der Waals surface area (Å²) in [5.41, 5.74) is 2.06. The molecule has 2 aromatic rings. The molecule has 2 rings (SSSR count). The molecular formula is C17H17BrF2N2O. The van der Waals surface area contributed by atoms with E-state index in [1.807, 2.05) is 19.1 Å². The van der Waals surface area contributed by atoms with Gasteiger partial charge < -0.3 is 10.6 Å². The number of amides is 1. The molecule has 6 heteroatoms. The molecule has 0 fully saturated rings. The fourth-order valence-corrected chi connectivity index (χ4v) is 2.72. The second-order valence-electron chi connectivity index (χ2n) is 5.30. The number of carbonyl (C=O) groups excluding carboxylic acids is 1. The van der Waals surface area contributed by atoms with Crippen molar-refractivity contribution in [2.24, 2.45) is 0 Å². The zero-order chi connectivity index (χ0) is 17.0. The SMILES string of the molecule is Cc1ccc(NC(=O)CN[C@H](C)c2ccc(F)cc2F)c(Br)c1. The topological polar surface area (TPSA) is 41.1 Å². The van der Waals surface area contributed by atoms with Gasteiger partial charge in [-0.05, 0) is 53.5 Å². The highest BCUT2D eigenvalue weighted by Gasteiger charge is 2.13. The van der Waals surface area contributed by atoms with Crippen LogP contribution in [0.2, 0.25) is 0 Å². The van der Waals surface area contributed by atoms with Crippen molar-refractivity contribution in [1.82, 2.24) is 5.32 Å². The Bertz CT molecular complexity index is 722. The first-order valence-corrected chi connectivity index (χ1v) is 7.90. The van der Waals surface area contributed by atoms with Crippen molar-refractivity contribution in [1.29, 1.82) is 0 Å². The number of nitrogens with one attached hydrogen (secondary N) is 2.